The third-order valence-electron chi connectivity index (χ3n) is 5.35. The molecule has 2 aromatic carbocycles. The van der Waals surface area contributed by atoms with Crippen LogP contribution in [0.1, 0.15) is 38.3 Å². The van der Waals surface area contributed by atoms with Gasteiger partial charge in [-0.05, 0) is 54.8 Å². The Balaban J connectivity index is 1.78. The summed E-state index contributed by atoms with van der Waals surface area (Å²) in [6.45, 7) is 6.49. The first-order chi connectivity index (χ1) is 15.4. The summed E-state index contributed by atoms with van der Waals surface area (Å²) in [4.78, 5) is 19.2. The second kappa shape index (κ2) is 8.82. The first-order valence-corrected chi connectivity index (χ1v) is 10.4. The molecule has 2 heterocycles. The number of rotatable bonds is 6. The van der Waals surface area contributed by atoms with Crippen LogP contribution >= 0.6 is 0 Å². The van der Waals surface area contributed by atoms with E-state index in [2.05, 4.69) is 15.5 Å². The van der Waals surface area contributed by atoms with Crippen LogP contribution in [0.25, 0.3) is 17.0 Å². The maximum Gasteiger partial charge on any atom is 0.322 e. The van der Waals surface area contributed by atoms with E-state index >= 15 is 0 Å². The van der Waals surface area contributed by atoms with Crippen molar-refractivity contribution >= 4 is 11.6 Å². The smallest absolute Gasteiger partial charge is 0.322 e. The molecule has 1 unspecified atom stereocenters. The second-order valence-electron chi connectivity index (χ2n) is 8.09. The molecule has 1 atom stereocenters. The molecule has 7 nitrogen and oxygen atoms in total. The van der Waals surface area contributed by atoms with E-state index in [0.29, 0.717) is 23.8 Å². The number of benzene rings is 2. The summed E-state index contributed by atoms with van der Waals surface area (Å²) in [5, 5.41) is 7.16. The molecule has 0 spiro atoms. The van der Waals surface area contributed by atoms with Crippen molar-refractivity contribution < 1.29 is 18.4 Å². The fourth-order valence-electron chi connectivity index (χ4n) is 3.74. The number of amides is 2. The molecular weight excluding hydrogens is 411 g/mol. The van der Waals surface area contributed by atoms with Crippen molar-refractivity contribution in [3.8, 4) is 17.1 Å². The Morgan fingerprint density at radius 3 is 2.47 bits per heavy atom. The van der Waals surface area contributed by atoms with Crippen LogP contribution < -0.4 is 10.1 Å². The molecule has 3 aromatic rings. The third-order valence-corrected chi connectivity index (χ3v) is 5.35. The van der Waals surface area contributed by atoms with E-state index in [1.165, 1.54) is 12.1 Å². The first-order valence-electron chi connectivity index (χ1n) is 10.4. The number of methoxy groups -OCH3 is 1. The van der Waals surface area contributed by atoms with Crippen molar-refractivity contribution in [1.29, 1.82) is 0 Å². The van der Waals surface area contributed by atoms with Gasteiger partial charge in [-0.1, -0.05) is 31.1 Å². The quantitative estimate of drug-likeness (QED) is 0.586. The number of allylic oxidation sites excluding steroid dienone is 1. The predicted molar refractivity (Wildman–Crippen MR) is 118 cm³/mol. The summed E-state index contributed by atoms with van der Waals surface area (Å²) in [5.74, 6) is 1.37. The molecule has 4 rings (SSSR count). The van der Waals surface area contributed by atoms with Crippen molar-refractivity contribution in [2.45, 2.75) is 26.8 Å². The lowest BCUT2D eigenvalue weighted by atomic mass is 9.94. The molecule has 32 heavy (non-hydrogen) atoms. The number of ether oxygens (including phenoxy) is 1. The van der Waals surface area contributed by atoms with Gasteiger partial charge in [-0.15, -0.1) is 0 Å². The standard InChI is InChI=1S/C24H25FN4O3/c1-14(2)13-29-15(3)20(21(26-24(29)30)16-5-9-18(25)10-6-16)23-27-22(28-32-23)17-7-11-19(31-4)12-8-17/h5-12,14,21H,13H2,1-4H3,(H,26,30). The number of nitrogens with one attached hydrogen (secondary N) is 1. The monoisotopic (exact) mass is 436 g/mol. The normalized spacial score (nSPS) is 16.5. The molecule has 8 heteroatoms. The van der Waals surface area contributed by atoms with Crippen molar-refractivity contribution in [1.82, 2.24) is 20.4 Å². The maximum atomic E-state index is 13.5. The molecule has 0 saturated carbocycles. The van der Waals surface area contributed by atoms with E-state index in [1.54, 1.807) is 24.1 Å². The summed E-state index contributed by atoms with van der Waals surface area (Å²) in [6, 6.07) is 12.6. The highest BCUT2D eigenvalue weighted by Crippen LogP contribution is 2.37. The topological polar surface area (TPSA) is 80.5 Å². The average molecular weight is 436 g/mol. The molecular formula is C24H25FN4O3. The van der Waals surface area contributed by atoms with Gasteiger partial charge in [0.1, 0.15) is 11.6 Å². The van der Waals surface area contributed by atoms with Crippen molar-refractivity contribution in [2.24, 2.45) is 5.92 Å². The zero-order chi connectivity index (χ0) is 22.8. The molecule has 1 aliphatic rings. The molecule has 0 fully saturated rings. The highest BCUT2D eigenvalue weighted by atomic mass is 19.1. The lowest BCUT2D eigenvalue weighted by Crippen LogP contribution is -2.47. The molecule has 2 amide bonds. The second-order valence-corrected chi connectivity index (χ2v) is 8.09. The summed E-state index contributed by atoms with van der Waals surface area (Å²) in [5.41, 5.74) is 2.91. The Hall–Kier alpha value is -3.68. The minimum absolute atomic E-state index is 0.218. The number of halogens is 1. The van der Waals surface area contributed by atoms with Gasteiger partial charge in [0.05, 0.1) is 18.7 Å². The van der Waals surface area contributed by atoms with Gasteiger partial charge in [0, 0.05) is 17.8 Å². The molecule has 166 valence electrons. The van der Waals surface area contributed by atoms with Crippen LogP contribution in [0, 0.1) is 11.7 Å². The Bertz CT molecular complexity index is 1140. The van der Waals surface area contributed by atoms with E-state index < -0.39 is 6.04 Å². The summed E-state index contributed by atoms with van der Waals surface area (Å²) in [7, 11) is 1.60. The number of urea groups is 1. The number of carbonyl (C=O) groups excluding carboxylic acids is 1. The molecule has 1 aliphatic heterocycles. The van der Waals surface area contributed by atoms with Crippen molar-refractivity contribution in [3.63, 3.8) is 0 Å². The lowest BCUT2D eigenvalue weighted by Gasteiger charge is -2.36. The van der Waals surface area contributed by atoms with Gasteiger partial charge in [-0.3, -0.25) is 4.90 Å². The predicted octanol–water partition coefficient (Wildman–Crippen LogP) is 5.04. The Morgan fingerprint density at radius 2 is 1.84 bits per heavy atom. The van der Waals surface area contributed by atoms with Crippen LogP contribution in [0.2, 0.25) is 0 Å². The van der Waals surface area contributed by atoms with Gasteiger partial charge in [0.2, 0.25) is 5.82 Å². The van der Waals surface area contributed by atoms with Gasteiger partial charge in [-0.25, -0.2) is 9.18 Å². The van der Waals surface area contributed by atoms with E-state index in [9.17, 15) is 9.18 Å². The van der Waals surface area contributed by atoms with Crippen molar-refractivity contribution in [3.05, 3.63) is 71.5 Å². The number of aromatic nitrogens is 2. The lowest BCUT2D eigenvalue weighted by molar-refractivity contribution is 0.199. The van der Waals surface area contributed by atoms with Crippen LogP contribution in [0.3, 0.4) is 0 Å². The summed E-state index contributed by atoms with van der Waals surface area (Å²) in [6.07, 6.45) is 0. The SMILES string of the molecule is COc1ccc(-c2noc(C3=C(C)N(CC(C)C)C(=O)NC3c3ccc(F)cc3)n2)cc1. The molecule has 0 radical (unpaired) electrons. The highest BCUT2D eigenvalue weighted by molar-refractivity contribution is 5.86. The Labute approximate surface area is 185 Å². The maximum absolute atomic E-state index is 13.5. The average Bonchev–Trinajstić information content (AvgIpc) is 3.26. The number of nitrogens with zero attached hydrogens (tertiary/aromatic N) is 3. The fourth-order valence-corrected chi connectivity index (χ4v) is 3.74. The minimum atomic E-state index is -0.546. The number of hydrogen-bond donors (Lipinski definition) is 1. The van der Waals surface area contributed by atoms with Crippen LogP contribution in [0.4, 0.5) is 9.18 Å². The van der Waals surface area contributed by atoms with Gasteiger partial charge < -0.3 is 14.6 Å². The molecule has 0 saturated heterocycles. The van der Waals surface area contributed by atoms with Gasteiger partial charge in [0.25, 0.3) is 5.89 Å². The zero-order valence-corrected chi connectivity index (χ0v) is 18.4. The van der Waals surface area contributed by atoms with E-state index in [-0.39, 0.29) is 17.8 Å². The molecule has 0 bridgehead atoms. The van der Waals surface area contributed by atoms with E-state index in [0.717, 1.165) is 22.6 Å². The van der Waals surface area contributed by atoms with Gasteiger partial charge in [-0.2, -0.15) is 4.98 Å². The van der Waals surface area contributed by atoms with Gasteiger partial charge >= 0.3 is 6.03 Å². The minimum Gasteiger partial charge on any atom is -0.497 e. The van der Waals surface area contributed by atoms with Crippen molar-refractivity contribution in [2.75, 3.05) is 13.7 Å². The third kappa shape index (κ3) is 4.21. The molecule has 1 aromatic heterocycles. The summed E-state index contributed by atoms with van der Waals surface area (Å²) >= 11 is 0. The molecule has 1 N–H and O–H groups in total. The largest absolute Gasteiger partial charge is 0.497 e. The van der Waals surface area contributed by atoms with Crippen LogP contribution in [-0.4, -0.2) is 34.7 Å². The van der Waals surface area contributed by atoms with Gasteiger partial charge in [0.15, 0.2) is 0 Å². The highest BCUT2D eigenvalue weighted by Gasteiger charge is 2.35. The number of carbonyl (C=O) groups is 1. The van der Waals surface area contributed by atoms with E-state index in [1.807, 2.05) is 45.0 Å². The van der Waals surface area contributed by atoms with Crippen LogP contribution in [0.15, 0.2) is 58.8 Å². The van der Waals surface area contributed by atoms with E-state index in [4.69, 9.17) is 9.26 Å². The first kappa shape index (κ1) is 21.5. The Morgan fingerprint density at radius 1 is 1.16 bits per heavy atom. The molecule has 0 aliphatic carbocycles. The Kier molecular flexibility index (Phi) is 5.94. The number of hydrogen-bond acceptors (Lipinski definition) is 5. The summed E-state index contributed by atoms with van der Waals surface area (Å²) < 4.78 is 24.4. The van der Waals surface area contributed by atoms with Crippen LogP contribution in [0.5, 0.6) is 5.75 Å². The zero-order valence-electron chi connectivity index (χ0n) is 18.4. The fraction of sp³-hybridized carbons (Fsp3) is 0.292. The van der Waals surface area contributed by atoms with Crippen LogP contribution in [-0.2, 0) is 0 Å².